The number of halogens is 1. The van der Waals surface area contributed by atoms with Crippen LogP contribution in [0.5, 0.6) is 5.75 Å². The highest BCUT2D eigenvalue weighted by Gasteiger charge is 2.21. The fraction of sp³-hybridized carbons (Fsp3) is 0.571. The van der Waals surface area contributed by atoms with Gasteiger partial charge >= 0.3 is 0 Å². The van der Waals surface area contributed by atoms with E-state index in [1.807, 2.05) is 0 Å². The minimum Gasteiger partial charge on any atom is -0.492 e. The van der Waals surface area contributed by atoms with E-state index in [2.05, 4.69) is 11.6 Å². The standard InChI is InChI=1S/C14H22ClNO4S/c1-3-4-5-8-20-13-9-11(2)12(15)10-14(13)21(18,19)16-6-7-17/h9-10,16-17H,3-8H2,1-2H3. The summed E-state index contributed by atoms with van der Waals surface area (Å²) in [7, 11) is -3.75. The summed E-state index contributed by atoms with van der Waals surface area (Å²) in [5.74, 6) is 0.290. The fourth-order valence-electron chi connectivity index (χ4n) is 1.75. The number of sulfonamides is 1. The highest BCUT2D eigenvalue weighted by molar-refractivity contribution is 7.89. The van der Waals surface area contributed by atoms with Crippen molar-refractivity contribution in [2.45, 2.75) is 38.0 Å². The van der Waals surface area contributed by atoms with Gasteiger partial charge in [-0.05, 0) is 31.0 Å². The van der Waals surface area contributed by atoms with Gasteiger partial charge in [0.15, 0.2) is 0 Å². The Morgan fingerprint density at radius 1 is 1.33 bits per heavy atom. The molecule has 7 heteroatoms. The summed E-state index contributed by atoms with van der Waals surface area (Å²) in [5, 5.41) is 9.12. The molecule has 0 heterocycles. The molecule has 0 aromatic heterocycles. The van der Waals surface area contributed by atoms with Gasteiger partial charge in [0.25, 0.3) is 0 Å². The first-order valence-corrected chi connectivity index (χ1v) is 8.82. The summed E-state index contributed by atoms with van der Waals surface area (Å²) in [5.41, 5.74) is 0.753. The number of aliphatic hydroxyl groups is 1. The van der Waals surface area contributed by atoms with E-state index in [0.717, 1.165) is 24.8 Å². The molecular formula is C14H22ClNO4S. The molecule has 0 aliphatic heterocycles. The molecule has 5 nitrogen and oxygen atoms in total. The number of nitrogens with one attached hydrogen (secondary N) is 1. The molecule has 1 aromatic carbocycles. The molecule has 0 bridgehead atoms. The van der Waals surface area contributed by atoms with Crippen LogP contribution < -0.4 is 9.46 Å². The fourth-order valence-corrected chi connectivity index (χ4v) is 3.15. The average molecular weight is 336 g/mol. The van der Waals surface area contributed by atoms with Gasteiger partial charge in [0.1, 0.15) is 10.6 Å². The van der Waals surface area contributed by atoms with Crippen LogP contribution in [0.15, 0.2) is 17.0 Å². The quantitative estimate of drug-likeness (QED) is 0.680. The van der Waals surface area contributed by atoms with E-state index >= 15 is 0 Å². The van der Waals surface area contributed by atoms with Gasteiger partial charge in [-0.3, -0.25) is 0 Å². The molecule has 0 atom stereocenters. The normalized spacial score (nSPS) is 11.6. The molecule has 0 spiro atoms. The van der Waals surface area contributed by atoms with Crippen molar-refractivity contribution >= 4 is 21.6 Å². The lowest BCUT2D eigenvalue weighted by Crippen LogP contribution is -2.27. The smallest absolute Gasteiger partial charge is 0.244 e. The first-order valence-electron chi connectivity index (χ1n) is 6.95. The van der Waals surface area contributed by atoms with Gasteiger partial charge < -0.3 is 9.84 Å². The molecule has 0 radical (unpaired) electrons. The molecule has 0 aliphatic rings. The van der Waals surface area contributed by atoms with Crippen LogP contribution in [0.4, 0.5) is 0 Å². The molecule has 1 aromatic rings. The SMILES string of the molecule is CCCCCOc1cc(C)c(Cl)cc1S(=O)(=O)NCCO. The van der Waals surface area contributed by atoms with Gasteiger partial charge in [0, 0.05) is 11.6 Å². The maximum atomic E-state index is 12.2. The summed E-state index contributed by atoms with van der Waals surface area (Å²) in [6, 6.07) is 3.01. The van der Waals surface area contributed by atoms with Crippen LogP contribution in [0.3, 0.4) is 0 Å². The third kappa shape index (κ3) is 5.47. The zero-order chi connectivity index (χ0) is 15.9. The van der Waals surface area contributed by atoms with Crippen LogP contribution in [-0.4, -0.2) is 33.3 Å². The second kappa shape index (κ2) is 8.58. The molecule has 0 aliphatic carbocycles. The van der Waals surface area contributed by atoms with Crippen LogP contribution in [0.25, 0.3) is 0 Å². The Morgan fingerprint density at radius 2 is 2.05 bits per heavy atom. The summed E-state index contributed by atoms with van der Waals surface area (Å²) >= 11 is 6.01. The summed E-state index contributed by atoms with van der Waals surface area (Å²) < 4.78 is 32.3. The highest BCUT2D eigenvalue weighted by Crippen LogP contribution is 2.30. The minimum absolute atomic E-state index is 0.00282. The van der Waals surface area contributed by atoms with Crippen molar-refractivity contribution in [3.05, 3.63) is 22.7 Å². The monoisotopic (exact) mass is 335 g/mol. The molecule has 120 valence electrons. The summed E-state index contributed by atoms with van der Waals surface area (Å²) in [6.45, 7) is 4.01. The second-order valence-electron chi connectivity index (χ2n) is 4.73. The maximum Gasteiger partial charge on any atom is 0.244 e. The van der Waals surface area contributed by atoms with Gasteiger partial charge in [-0.2, -0.15) is 0 Å². The number of unbranched alkanes of at least 4 members (excludes halogenated alkanes) is 2. The Morgan fingerprint density at radius 3 is 2.67 bits per heavy atom. The van der Waals surface area contributed by atoms with Crippen LogP contribution in [0, 0.1) is 6.92 Å². The van der Waals surface area contributed by atoms with Gasteiger partial charge in [0.05, 0.1) is 13.2 Å². The number of aliphatic hydroxyl groups excluding tert-OH is 1. The van der Waals surface area contributed by atoms with Gasteiger partial charge in [0.2, 0.25) is 10.0 Å². The number of hydrogen-bond donors (Lipinski definition) is 2. The molecule has 0 saturated carbocycles. The molecule has 2 N–H and O–H groups in total. The number of rotatable bonds is 9. The maximum absolute atomic E-state index is 12.2. The number of hydrogen-bond acceptors (Lipinski definition) is 4. The second-order valence-corrected chi connectivity index (χ2v) is 6.87. The van der Waals surface area contributed by atoms with Gasteiger partial charge in [-0.15, -0.1) is 0 Å². The molecule has 21 heavy (non-hydrogen) atoms. The van der Waals surface area contributed by atoms with Crippen LogP contribution in [0.1, 0.15) is 31.7 Å². The number of ether oxygens (including phenoxy) is 1. The van der Waals surface area contributed by atoms with E-state index < -0.39 is 10.0 Å². The lowest BCUT2D eigenvalue weighted by atomic mass is 10.2. The van der Waals surface area contributed by atoms with E-state index in [1.165, 1.54) is 6.07 Å². The van der Waals surface area contributed by atoms with E-state index in [1.54, 1.807) is 13.0 Å². The Kier molecular flexibility index (Phi) is 7.45. The number of benzene rings is 1. The van der Waals surface area contributed by atoms with Gasteiger partial charge in [-0.25, -0.2) is 13.1 Å². The minimum atomic E-state index is -3.75. The summed E-state index contributed by atoms with van der Waals surface area (Å²) in [4.78, 5) is 0.00282. The molecule has 0 unspecified atom stereocenters. The third-order valence-electron chi connectivity index (χ3n) is 2.92. The first kappa shape index (κ1) is 18.2. The Labute approximate surface area is 131 Å². The van der Waals surface area contributed by atoms with Crippen molar-refractivity contribution in [3.63, 3.8) is 0 Å². The van der Waals surface area contributed by atoms with E-state index in [0.29, 0.717) is 17.4 Å². The van der Waals surface area contributed by atoms with Crippen molar-refractivity contribution in [2.75, 3.05) is 19.8 Å². The van der Waals surface area contributed by atoms with Crippen molar-refractivity contribution in [2.24, 2.45) is 0 Å². The van der Waals surface area contributed by atoms with Crippen molar-refractivity contribution in [3.8, 4) is 5.75 Å². The number of aryl methyl sites for hydroxylation is 1. The lowest BCUT2D eigenvalue weighted by molar-refractivity contribution is 0.296. The highest BCUT2D eigenvalue weighted by atomic mass is 35.5. The Balaban J connectivity index is 3.02. The van der Waals surface area contributed by atoms with Gasteiger partial charge in [-0.1, -0.05) is 31.4 Å². The summed E-state index contributed by atoms with van der Waals surface area (Å²) in [6.07, 6.45) is 2.95. The van der Waals surface area contributed by atoms with Crippen LogP contribution in [0.2, 0.25) is 5.02 Å². The Bertz CT molecular complexity index is 560. The third-order valence-corrected chi connectivity index (χ3v) is 4.81. The molecule has 0 amide bonds. The predicted molar refractivity (Wildman–Crippen MR) is 83.5 cm³/mol. The van der Waals surface area contributed by atoms with E-state index in [-0.39, 0.29) is 18.0 Å². The van der Waals surface area contributed by atoms with E-state index in [4.69, 9.17) is 21.4 Å². The molecular weight excluding hydrogens is 314 g/mol. The molecule has 1 rings (SSSR count). The molecule has 0 fully saturated rings. The Hall–Kier alpha value is -0.820. The predicted octanol–water partition coefficient (Wildman–Crippen LogP) is 2.49. The van der Waals surface area contributed by atoms with Crippen molar-refractivity contribution in [1.82, 2.24) is 4.72 Å². The lowest BCUT2D eigenvalue weighted by Gasteiger charge is -2.14. The zero-order valence-electron chi connectivity index (χ0n) is 12.4. The average Bonchev–Trinajstić information content (AvgIpc) is 2.44. The first-order chi connectivity index (χ1) is 9.92. The van der Waals surface area contributed by atoms with E-state index in [9.17, 15) is 8.42 Å². The van der Waals surface area contributed by atoms with Crippen molar-refractivity contribution in [1.29, 1.82) is 0 Å². The molecule has 0 saturated heterocycles. The topological polar surface area (TPSA) is 75.6 Å². The van der Waals surface area contributed by atoms with Crippen LogP contribution >= 0.6 is 11.6 Å². The zero-order valence-corrected chi connectivity index (χ0v) is 13.9. The van der Waals surface area contributed by atoms with Crippen molar-refractivity contribution < 1.29 is 18.3 Å². The van der Waals surface area contributed by atoms with Crippen LogP contribution in [-0.2, 0) is 10.0 Å². The largest absolute Gasteiger partial charge is 0.492 e.